The maximum absolute atomic E-state index is 12.8. The van der Waals surface area contributed by atoms with Crippen LogP contribution in [0.4, 0.5) is 16.2 Å². The van der Waals surface area contributed by atoms with Crippen molar-refractivity contribution in [2.75, 3.05) is 38.1 Å². The largest absolute Gasteiger partial charge is 0.493 e. The summed E-state index contributed by atoms with van der Waals surface area (Å²) < 4.78 is 15.8. The molecule has 2 aromatic carbocycles. The van der Waals surface area contributed by atoms with E-state index in [2.05, 4.69) is 16.0 Å². The van der Waals surface area contributed by atoms with Crippen molar-refractivity contribution >= 4 is 23.3 Å². The van der Waals surface area contributed by atoms with E-state index in [1.165, 1.54) is 7.11 Å². The monoisotopic (exact) mass is 399 g/mol. The first-order valence-corrected chi connectivity index (χ1v) is 9.38. The molecule has 0 atom stereocenters. The van der Waals surface area contributed by atoms with Crippen molar-refractivity contribution < 1.29 is 23.8 Å². The summed E-state index contributed by atoms with van der Waals surface area (Å²) in [6.07, 6.45) is 1.55. The van der Waals surface area contributed by atoms with Gasteiger partial charge in [0.2, 0.25) is 0 Å². The number of urea groups is 1. The molecule has 1 aliphatic heterocycles. The van der Waals surface area contributed by atoms with Gasteiger partial charge in [-0.15, -0.1) is 0 Å². The molecule has 1 saturated heterocycles. The highest BCUT2D eigenvalue weighted by Gasteiger charge is 2.18. The molecule has 3 N–H and O–H groups in total. The van der Waals surface area contributed by atoms with Crippen molar-refractivity contribution in [3.8, 4) is 11.5 Å². The van der Waals surface area contributed by atoms with E-state index in [9.17, 15) is 9.59 Å². The van der Waals surface area contributed by atoms with Gasteiger partial charge in [0.05, 0.1) is 25.5 Å². The Hall–Kier alpha value is -3.26. The first kappa shape index (κ1) is 20.5. The number of methoxy groups -OCH3 is 2. The van der Waals surface area contributed by atoms with Gasteiger partial charge < -0.3 is 30.2 Å². The SMILES string of the molecule is COc1ccc(NC(=O)c2ccccc2NC(=O)NC2CCOCC2)cc1OC. The number of anilines is 2. The van der Waals surface area contributed by atoms with Crippen LogP contribution in [0.2, 0.25) is 0 Å². The highest BCUT2D eigenvalue weighted by atomic mass is 16.5. The van der Waals surface area contributed by atoms with Crippen LogP contribution < -0.4 is 25.4 Å². The van der Waals surface area contributed by atoms with Gasteiger partial charge in [0, 0.05) is 31.0 Å². The molecule has 1 heterocycles. The van der Waals surface area contributed by atoms with Crippen molar-refractivity contribution in [3.05, 3.63) is 48.0 Å². The number of benzene rings is 2. The number of hydrogen-bond acceptors (Lipinski definition) is 5. The van der Waals surface area contributed by atoms with E-state index < -0.39 is 0 Å². The molecule has 0 aliphatic carbocycles. The molecule has 2 aromatic rings. The molecule has 0 radical (unpaired) electrons. The van der Waals surface area contributed by atoms with Crippen LogP contribution in [0.3, 0.4) is 0 Å². The van der Waals surface area contributed by atoms with Crippen LogP contribution in [0.25, 0.3) is 0 Å². The fraction of sp³-hybridized carbons (Fsp3) is 0.333. The summed E-state index contributed by atoms with van der Waals surface area (Å²) in [5.74, 6) is 0.726. The lowest BCUT2D eigenvalue weighted by atomic mass is 10.1. The van der Waals surface area contributed by atoms with E-state index in [0.717, 1.165) is 12.8 Å². The lowest BCUT2D eigenvalue weighted by Gasteiger charge is -2.23. The third-order valence-corrected chi connectivity index (χ3v) is 4.62. The number of rotatable bonds is 6. The smallest absolute Gasteiger partial charge is 0.319 e. The minimum absolute atomic E-state index is 0.0662. The minimum atomic E-state index is -0.348. The van der Waals surface area contributed by atoms with Crippen LogP contribution >= 0.6 is 0 Å². The quantitative estimate of drug-likeness (QED) is 0.693. The van der Waals surface area contributed by atoms with Gasteiger partial charge in [0.15, 0.2) is 11.5 Å². The maximum atomic E-state index is 12.8. The van der Waals surface area contributed by atoms with Crippen LogP contribution in [0.15, 0.2) is 42.5 Å². The molecule has 0 spiro atoms. The van der Waals surface area contributed by atoms with Gasteiger partial charge in [-0.05, 0) is 37.1 Å². The zero-order valence-electron chi connectivity index (χ0n) is 16.5. The number of carbonyl (C=O) groups is 2. The van der Waals surface area contributed by atoms with Crippen molar-refractivity contribution in [1.82, 2.24) is 5.32 Å². The summed E-state index contributed by atoms with van der Waals surface area (Å²) in [6, 6.07) is 11.7. The third kappa shape index (κ3) is 5.39. The molecule has 0 aromatic heterocycles. The van der Waals surface area contributed by atoms with Gasteiger partial charge in [0.25, 0.3) is 5.91 Å². The van der Waals surface area contributed by atoms with Crippen molar-refractivity contribution in [2.24, 2.45) is 0 Å². The van der Waals surface area contributed by atoms with Crippen LogP contribution in [0.1, 0.15) is 23.2 Å². The lowest BCUT2D eigenvalue weighted by Crippen LogP contribution is -2.41. The van der Waals surface area contributed by atoms with Gasteiger partial charge >= 0.3 is 6.03 Å². The van der Waals surface area contributed by atoms with Gasteiger partial charge in [-0.3, -0.25) is 4.79 Å². The standard InChI is InChI=1S/C21H25N3O5/c1-27-18-8-7-15(13-19(18)28-2)22-20(25)16-5-3-4-6-17(16)24-21(26)23-14-9-11-29-12-10-14/h3-8,13-14H,9-12H2,1-2H3,(H,22,25)(H2,23,24,26). The van der Waals surface area contributed by atoms with Crippen LogP contribution in [-0.2, 0) is 4.74 Å². The summed E-state index contributed by atoms with van der Waals surface area (Å²) in [6.45, 7) is 1.27. The van der Waals surface area contributed by atoms with Gasteiger partial charge in [-0.2, -0.15) is 0 Å². The Labute approximate surface area is 169 Å². The Balaban J connectivity index is 1.69. The predicted octanol–water partition coefficient (Wildman–Crippen LogP) is 3.26. The van der Waals surface area contributed by atoms with Gasteiger partial charge in [-0.25, -0.2) is 4.79 Å². The molecule has 29 heavy (non-hydrogen) atoms. The summed E-state index contributed by atoms with van der Waals surface area (Å²) in [7, 11) is 3.07. The average molecular weight is 399 g/mol. The molecule has 0 saturated carbocycles. The summed E-state index contributed by atoms with van der Waals surface area (Å²) in [5.41, 5.74) is 1.33. The second-order valence-corrected chi connectivity index (χ2v) is 6.55. The van der Waals surface area contributed by atoms with Gasteiger partial charge in [0.1, 0.15) is 0 Å². The van der Waals surface area contributed by atoms with E-state index in [1.807, 2.05) is 0 Å². The van der Waals surface area contributed by atoms with Gasteiger partial charge in [-0.1, -0.05) is 12.1 Å². The average Bonchev–Trinajstić information content (AvgIpc) is 2.74. The maximum Gasteiger partial charge on any atom is 0.319 e. The molecular weight excluding hydrogens is 374 g/mol. The van der Waals surface area contributed by atoms with Crippen molar-refractivity contribution in [3.63, 3.8) is 0 Å². The Morgan fingerprint density at radius 2 is 1.69 bits per heavy atom. The lowest BCUT2D eigenvalue weighted by molar-refractivity contribution is 0.0806. The molecule has 8 heteroatoms. The Bertz CT molecular complexity index is 865. The van der Waals surface area contributed by atoms with E-state index in [-0.39, 0.29) is 18.0 Å². The molecule has 3 amide bonds. The number of hydrogen-bond donors (Lipinski definition) is 3. The molecule has 0 bridgehead atoms. The molecule has 1 aliphatic rings. The first-order chi connectivity index (χ1) is 14.1. The number of para-hydroxylation sites is 1. The fourth-order valence-electron chi connectivity index (χ4n) is 3.09. The number of ether oxygens (including phenoxy) is 3. The number of amides is 3. The van der Waals surface area contributed by atoms with E-state index in [1.54, 1.807) is 49.6 Å². The van der Waals surface area contributed by atoms with E-state index in [0.29, 0.717) is 41.7 Å². The molecule has 0 unspecified atom stereocenters. The number of carbonyl (C=O) groups excluding carboxylic acids is 2. The van der Waals surface area contributed by atoms with Crippen molar-refractivity contribution in [2.45, 2.75) is 18.9 Å². The second kappa shape index (κ2) is 9.79. The first-order valence-electron chi connectivity index (χ1n) is 9.38. The summed E-state index contributed by atoms with van der Waals surface area (Å²) in [4.78, 5) is 25.1. The summed E-state index contributed by atoms with van der Waals surface area (Å²) >= 11 is 0. The topological polar surface area (TPSA) is 97.9 Å². The number of nitrogens with one attached hydrogen (secondary N) is 3. The van der Waals surface area contributed by atoms with Crippen molar-refractivity contribution in [1.29, 1.82) is 0 Å². The normalized spacial score (nSPS) is 14.0. The van der Waals surface area contributed by atoms with E-state index >= 15 is 0 Å². The second-order valence-electron chi connectivity index (χ2n) is 6.55. The zero-order chi connectivity index (χ0) is 20.6. The minimum Gasteiger partial charge on any atom is -0.493 e. The summed E-state index contributed by atoms with van der Waals surface area (Å²) in [5, 5.41) is 8.50. The van der Waals surface area contributed by atoms with Crippen LogP contribution in [0, 0.1) is 0 Å². The predicted molar refractivity (Wildman–Crippen MR) is 110 cm³/mol. The Kier molecular flexibility index (Phi) is 6.91. The molecule has 3 rings (SSSR count). The molecule has 8 nitrogen and oxygen atoms in total. The highest BCUT2D eigenvalue weighted by Crippen LogP contribution is 2.30. The Morgan fingerprint density at radius 1 is 0.966 bits per heavy atom. The third-order valence-electron chi connectivity index (χ3n) is 4.62. The zero-order valence-corrected chi connectivity index (χ0v) is 16.5. The molecule has 1 fully saturated rings. The molecule has 154 valence electrons. The van der Waals surface area contributed by atoms with E-state index in [4.69, 9.17) is 14.2 Å². The van der Waals surface area contributed by atoms with Crippen LogP contribution in [0.5, 0.6) is 11.5 Å². The Morgan fingerprint density at radius 3 is 2.41 bits per heavy atom. The highest BCUT2D eigenvalue weighted by molar-refractivity contribution is 6.10. The van der Waals surface area contributed by atoms with Crippen LogP contribution in [-0.4, -0.2) is 45.4 Å². The fourth-order valence-corrected chi connectivity index (χ4v) is 3.09. The molecular formula is C21H25N3O5.